The first kappa shape index (κ1) is 10.5. The van der Waals surface area contributed by atoms with E-state index in [0.717, 1.165) is 5.75 Å². The fourth-order valence-electron chi connectivity index (χ4n) is 2.02. The highest BCUT2D eigenvalue weighted by Crippen LogP contribution is 2.36. The topological polar surface area (TPSA) is 35.2 Å². The van der Waals surface area contributed by atoms with Crippen LogP contribution >= 0.6 is 0 Å². The molecule has 1 aliphatic carbocycles. The molecule has 1 aromatic rings. The molecule has 2 rings (SSSR count). The molecule has 0 radical (unpaired) electrons. The Morgan fingerprint density at radius 1 is 1.33 bits per heavy atom. The zero-order valence-electron chi connectivity index (χ0n) is 9.28. The minimum atomic E-state index is 0.217. The molecule has 1 saturated carbocycles. The van der Waals surface area contributed by atoms with Crippen molar-refractivity contribution in [3.63, 3.8) is 0 Å². The van der Waals surface area contributed by atoms with Crippen molar-refractivity contribution in [1.82, 2.24) is 0 Å². The zero-order valence-corrected chi connectivity index (χ0v) is 9.28. The van der Waals surface area contributed by atoms with Gasteiger partial charge in [-0.25, -0.2) is 0 Å². The third-order valence-electron chi connectivity index (χ3n) is 3.23. The normalized spacial score (nSPS) is 18.3. The van der Waals surface area contributed by atoms with Crippen LogP contribution in [0.4, 0.5) is 0 Å². The van der Waals surface area contributed by atoms with Gasteiger partial charge in [-0.3, -0.25) is 0 Å². The molecule has 1 atom stereocenters. The minimum Gasteiger partial charge on any atom is -0.494 e. The van der Waals surface area contributed by atoms with E-state index in [-0.39, 0.29) is 6.04 Å². The summed E-state index contributed by atoms with van der Waals surface area (Å²) in [5.41, 5.74) is 7.42. The van der Waals surface area contributed by atoms with Gasteiger partial charge in [0.05, 0.1) is 6.61 Å². The summed E-state index contributed by atoms with van der Waals surface area (Å²) in [5, 5.41) is 0. The molecule has 0 amide bonds. The van der Waals surface area contributed by atoms with E-state index in [1.807, 2.05) is 19.1 Å². The van der Waals surface area contributed by atoms with Crippen LogP contribution in [-0.2, 0) is 0 Å². The summed E-state index contributed by atoms with van der Waals surface area (Å²) in [7, 11) is 0. The van der Waals surface area contributed by atoms with E-state index in [1.165, 1.54) is 24.8 Å². The number of nitrogens with two attached hydrogens (primary N) is 1. The third-order valence-corrected chi connectivity index (χ3v) is 3.23. The lowest BCUT2D eigenvalue weighted by molar-refractivity contribution is 0.264. The van der Waals surface area contributed by atoms with Gasteiger partial charge < -0.3 is 10.5 Å². The second kappa shape index (κ2) is 4.67. The standard InChI is InChI=1S/C13H19NO/c1-2-15-12-8-6-11(7-9-12)13(14)10-4-3-5-10/h6-10,13H,2-5,14H2,1H3/t13-/m0/s1. The SMILES string of the molecule is CCOc1ccc([C@@H](N)C2CCC2)cc1. The number of ether oxygens (including phenoxy) is 1. The average Bonchev–Trinajstić information content (AvgIpc) is 2.16. The Balaban J connectivity index is 2.02. The average molecular weight is 205 g/mol. The summed E-state index contributed by atoms with van der Waals surface area (Å²) in [6, 6.07) is 8.42. The van der Waals surface area contributed by atoms with Crippen molar-refractivity contribution < 1.29 is 4.74 Å². The van der Waals surface area contributed by atoms with Gasteiger partial charge in [-0.2, -0.15) is 0 Å². The molecule has 1 aliphatic rings. The van der Waals surface area contributed by atoms with Crippen LogP contribution in [0.3, 0.4) is 0 Å². The van der Waals surface area contributed by atoms with E-state index >= 15 is 0 Å². The van der Waals surface area contributed by atoms with Gasteiger partial charge in [0.2, 0.25) is 0 Å². The monoisotopic (exact) mass is 205 g/mol. The molecule has 0 bridgehead atoms. The Bertz CT molecular complexity index is 303. The minimum absolute atomic E-state index is 0.217. The molecule has 0 aromatic heterocycles. The van der Waals surface area contributed by atoms with Gasteiger partial charge in [-0.15, -0.1) is 0 Å². The van der Waals surface area contributed by atoms with Crippen molar-refractivity contribution >= 4 is 0 Å². The Morgan fingerprint density at radius 2 is 2.00 bits per heavy atom. The first-order chi connectivity index (χ1) is 7.31. The van der Waals surface area contributed by atoms with Crippen molar-refractivity contribution in [2.75, 3.05) is 6.61 Å². The molecule has 2 N–H and O–H groups in total. The van der Waals surface area contributed by atoms with E-state index in [9.17, 15) is 0 Å². The fraction of sp³-hybridized carbons (Fsp3) is 0.538. The molecule has 0 unspecified atom stereocenters. The van der Waals surface area contributed by atoms with Crippen LogP contribution in [0.5, 0.6) is 5.75 Å². The number of hydrogen-bond acceptors (Lipinski definition) is 2. The lowest BCUT2D eigenvalue weighted by Crippen LogP contribution is -2.26. The lowest BCUT2D eigenvalue weighted by atomic mass is 9.78. The second-order valence-corrected chi connectivity index (χ2v) is 4.22. The maximum atomic E-state index is 6.18. The summed E-state index contributed by atoms with van der Waals surface area (Å²) in [5.74, 6) is 1.63. The molecule has 0 spiro atoms. The van der Waals surface area contributed by atoms with E-state index < -0.39 is 0 Å². The summed E-state index contributed by atoms with van der Waals surface area (Å²) in [6.45, 7) is 2.71. The molecule has 2 heteroatoms. The van der Waals surface area contributed by atoms with Gasteiger partial charge in [0.25, 0.3) is 0 Å². The van der Waals surface area contributed by atoms with Crippen LogP contribution in [0.25, 0.3) is 0 Å². The van der Waals surface area contributed by atoms with E-state index in [2.05, 4.69) is 12.1 Å². The molecule has 1 fully saturated rings. The van der Waals surface area contributed by atoms with Crippen molar-refractivity contribution in [2.45, 2.75) is 32.2 Å². The van der Waals surface area contributed by atoms with Crippen LogP contribution in [0.1, 0.15) is 37.8 Å². The Hall–Kier alpha value is -1.02. The molecule has 2 nitrogen and oxygen atoms in total. The van der Waals surface area contributed by atoms with Crippen LogP contribution in [0, 0.1) is 5.92 Å². The van der Waals surface area contributed by atoms with Gasteiger partial charge in [-0.1, -0.05) is 18.6 Å². The maximum absolute atomic E-state index is 6.18. The Morgan fingerprint density at radius 3 is 2.47 bits per heavy atom. The number of rotatable bonds is 4. The molecular weight excluding hydrogens is 186 g/mol. The van der Waals surface area contributed by atoms with Crippen LogP contribution in [-0.4, -0.2) is 6.61 Å². The van der Waals surface area contributed by atoms with Gasteiger partial charge in [0.1, 0.15) is 5.75 Å². The highest BCUT2D eigenvalue weighted by atomic mass is 16.5. The van der Waals surface area contributed by atoms with Crippen molar-refractivity contribution in [2.24, 2.45) is 11.7 Å². The third kappa shape index (κ3) is 2.32. The zero-order chi connectivity index (χ0) is 10.7. The van der Waals surface area contributed by atoms with E-state index in [0.29, 0.717) is 12.5 Å². The smallest absolute Gasteiger partial charge is 0.119 e. The van der Waals surface area contributed by atoms with Crippen LogP contribution in [0.15, 0.2) is 24.3 Å². The van der Waals surface area contributed by atoms with E-state index in [4.69, 9.17) is 10.5 Å². The molecule has 82 valence electrons. The molecule has 1 aromatic carbocycles. The fourth-order valence-corrected chi connectivity index (χ4v) is 2.02. The maximum Gasteiger partial charge on any atom is 0.119 e. The highest BCUT2D eigenvalue weighted by molar-refractivity contribution is 5.29. The predicted molar refractivity (Wildman–Crippen MR) is 61.9 cm³/mol. The molecule has 0 heterocycles. The quantitative estimate of drug-likeness (QED) is 0.820. The van der Waals surface area contributed by atoms with Crippen molar-refractivity contribution in [1.29, 1.82) is 0 Å². The highest BCUT2D eigenvalue weighted by Gasteiger charge is 2.25. The molecular formula is C13H19NO. The first-order valence-electron chi connectivity index (χ1n) is 5.79. The Kier molecular flexibility index (Phi) is 3.27. The van der Waals surface area contributed by atoms with Crippen LogP contribution < -0.4 is 10.5 Å². The molecule has 0 saturated heterocycles. The molecule has 15 heavy (non-hydrogen) atoms. The number of benzene rings is 1. The molecule has 0 aliphatic heterocycles. The first-order valence-corrected chi connectivity index (χ1v) is 5.79. The second-order valence-electron chi connectivity index (χ2n) is 4.22. The summed E-state index contributed by atoms with van der Waals surface area (Å²) < 4.78 is 5.40. The van der Waals surface area contributed by atoms with Gasteiger partial charge in [0.15, 0.2) is 0 Å². The van der Waals surface area contributed by atoms with Crippen molar-refractivity contribution in [3.05, 3.63) is 29.8 Å². The largest absolute Gasteiger partial charge is 0.494 e. The van der Waals surface area contributed by atoms with Gasteiger partial charge >= 0.3 is 0 Å². The Labute approximate surface area is 91.4 Å². The van der Waals surface area contributed by atoms with Gasteiger partial charge in [-0.05, 0) is 43.4 Å². The predicted octanol–water partition coefficient (Wildman–Crippen LogP) is 2.89. The van der Waals surface area contributed by atoms with Gasteiger partial charge in [0, 0.05) is 6.04 Å². The van der Waals surface area contributed by atoms with Crippen molar-refractivity contribution in [3.8, 4) is 5.75 Å². The lowest BCUT2D eigenvalue weighted by Gasteiger charge is -2.31. The van der Waals surface area contributed by atoms with E-state index in [1.54, 1.807) is 0 Å². The number of hydrogen-bond donors (Lipinski definition) is 1. The summed E-state index contributed by atoms with van der Waals surface area (Å²) in [6.07, 6.45) is 3.91. The summed E-state index contributed by atoms with van der Waals surface area (Å²) in [4.78, 5) is 0. The summed E-state index contributed by atoms with van der Waals surface area (Å²) >= 11 is 0. The van der Waals surface area contributed by atoms with Crippen LogP contribution in [0.2, 0.25) is 0 Å².